The van der Waals surface area contributed by atoms with Gasteiger partial charge >= 0.3 is 0 Å². The zero-order valence-corrected chi connectivity index (χ0v) is 20.6. The molecular weight excluding hydrogens is 431 g/mol. The Kier molecular flexibility index (Phi) is 8.85. The normalized spacial score (nSPS) is 13.0. The lowest BCUT2D eigenvalue weighted by atomic mass is 9.91. The maximum Gasteiger partial charge on any atom is 0.253 e. The average Bonchev–Trinajstić information content (AvgIpc) is 3.16. The molecule has 1 amide bonds. The minimum Gasteiger partial charge on any atom is -0.459 e. The summed E-state index contributed by atoms with van der Waals surface area (Å²) in [7, 11) is 1.69. The second-order valence-electron chi connectivity index (χ2n) is 9.09. The van der Waals surface area contributed by atoms with E-state index < -0.39 is 0 Å². The van der Waals surface area contributed by atoms with E-state index in [9.17, 15) is 14.0 Å². The van der Waals surface area contributed by atoms with E-state index in [0.717, 1.165) is 47.9 Å². The van der Waals surface area contributed by atoms with Gasteiger partial charge in [0.15, 0.2) is 0 Å². The van der Waals surface area contributed by atoms with Crippen LogP contribution >= 0.6 is 0 Å². The highest BCUT2D eigenvalue weighted by Gasteiger charge is 2.26. The molecule has 0 aliphatic carbocycles. The number of benzene rings is 2. The summed E-state index contributed by atoms with van der Waals surface area (Å²) in [4.78, 5) is 24.7. The lowest BCUT2D eigenvalue weighted by molar-refractivity contribution is -0.108. The number of aldehydes is 1. The Bertz CT molecular complexity index is 1110. The molecule has 2 unspecified atom stereocenters. The second-order valence-corrected chi connectivity index (χ2v) is 9.09. The van der Waals surface area contributed by atoms with E-state index in [1.807, 2.05) is 19.1 Å². The molecule has 182 valence electrons. The van der Waals surface area contributed by atoms with Crippen molar-refractivity contribution < 1.29 is 18.4 Å². The number of nitrogens with one attached hydrogen (secondary N) is 1. The fraction of sp³-hybridized carbons (Fsp3) is 0.429. The first-order valence-corrected chi connectivity index (χ1v) is 12.1. The number of anilines is 1. The fourth-order valence-corrected chi connectivity index (χ4v) is 4.31. The van der Waals surface area contributed by atoms with E-state index >= 15 is 0 Å². The highest BCUT2D eigenvalue weighted by molar-refractivity contribution is 5.94. The Labute approximate surface area is 201 Å². The van der Waals surface area contributed by atoms with Crippen LogP contribution in [0.5, 0.6) is 0 Å². The Balaban J connectivity index is 1.85. The zero-order chi connectivity index (χ0) is 24.7. The summed E-state index contributed by atoms with van der Waals surface area (Å²) in [5, 5.41) is 4.40. The van der Waals surface area contributed by atoms with Gasteiger partial charge in [0, 0.05) is 42.2 Å². The third kappa shape index (κ3) is 6.04. The van der Waals surface area contributed by atoms with Crippen molar-refractivity contribution in [3.8, 4) is 0 Å². The minimum atomic E-state index is -0.276. The van der Waals surface area contributed by atoms with Gasteiger partial charge in [0.05, 0.1) is 6.04 Å². The average molecular weight is 467 g/mol. The number of halogens is 1. The largest absolute Gasteiger partial charge is 0.459 e. The third-order valence-electron chi connectivity index (χ3n) is 6.43. The van der Waals surface area contributed by atoms with Gasteiger partial charge < -0.3 is 19.4 Å². The van der Waals surface area contributed by atoms with Crippen molar-refractivity contribution >= 4 is 28.8 Å². The molecule has 0 radical (unpaired) electrons. The number of unbranched alkanes of at least 4 members (excludes halogenated alkanes) is 2. The molecule has 0 saturated carbocycles. The molecule has 1 N–H and O–H groups in total. The van der Waals surface area contributed by atoms with Crippen LogP contribution in [0.25, 0.3) is 11.0 Å². The lowest BCUT2D eigenvalue weighted by Crippen LogP contribution is -2.27. The summed E-state index contributed by atoms with van der Waals surface area (Å²) in [6.45, 7) is 6.77. The summed E-state index contributed by atoms with van der Waals surface area (Å²) in [6.07, 6.45) is 5.63. The van der Waals surface area contributed by atoms with Gasteiger partial charge in [-0.05, 0) is 61.7 Å². The van der Waals surface area contributed by atoms with Crippen molar-refractivity contribution in [2.45, 2.75) is 58.9 Å². The van der Waals surface area contributed by atoms with Crippen LogP contribution in [0.1, 0.15) is 73.7 Å². The van der Waals surface area contributed by atoms with Gasteiger partial charge in [-0.3, -0.25) is 4.79 Å². The maximum absolute atomic E-state index is 13.9. The Morgan fingerprint density at radius 2 is 1.91 bits per heavy atom. The minimum absolute atomic E-state index is 0.0934. The smallest absolute Gasteiger partial charge is 0.253 e. The highest BCUT2D eigenvalue weighted by atomic mass is 19.1. The Morgan fingerprint density at radius 3 is 2.59 bits per heavy atom. The Hall–Kier alpha value is -3.15. The number of amides is 1. The molecule has 2 aromatic carbocycles. The predicted molar refractivity (Wildman–Crippen MR) is 135 cm³/mol. The van der Waals surface area contributed by atoms with Crippen molar-refractivity contribution in [2.24, 2.45) is 5.92 Å². The summed E-state index contributed by atoms with van der Waals surface area (Å²) in [6, 6.07) is 11.9. The van der Waals surface area contributed by atoms with Gasteiger partial charge in [-0.2, -0.15) is 0 Å². The van der Waals surface area contributed by atoms with Crippen LogP contribution in [-0.4, -0.2) is 30.7 Å². The van der Waals surface area contributed by atoms with Gasteiger partial charge in [-0.15, -0.1) is 0 Å². The molecular formula is C28H35FN2O3. The SMILES string of the molecule is CCCCCC(C)C(Nc1ccc(C(=O)N(C)CCC=O)cc1)c1oc2ccc(F)cc2c1C. The number of carbonyl (C=O) groups excluding carboxylic acids is 2. The lowest BCUT2D eigenvalue weighted by Gasteiger charge is -2.25. The number of rotatable bonds is 12. The number of hydrogen-bond donors (Lipinski definition) is 1. The standard InChI is InChI=1S/C28H35FN2O3/c1-5-6-7-9-19(2)26(27-20(3)24-18-22(29)12-15-25(24)34-27)30-23-13-10-21(11-14-23)28(33)31(4)16-8-17-32/h10-15,17-19,26,30H,5-9,16H2,1-4H3. The van der Waals surface area contributed by atoms with Crippen LogP contribution in [0, 0.1) is 18.7 Å². The van der Waals surface area contributed by atoms with Crippen LogP contribution in [0.15, 0.2) is 46.9 Å². The summed E-state index contributed by atoms with van der Waals surface area (Å²) in [5.74, 6) is 0.708. The zero-order valence-electron chi connectivity index (χ0n) is 20.6. The first kappa shape index (κ1) is 25.5. The Morgan fingerprint density at radius 1 is 1.18 bits per heavy atom. The fourth-order valence-electron chi connectivity index (χ4n) is 4.31. The van der Waals surface area contributed by atoms with Crippen molar-refractivity contribution in [3.63, 3.8) is 0 Å². The molecule has 0 saturated heterocycles. The monoisotopic (exact) mass is 466 g/mol. The van der Waals surface area contributed by atoms with Gasteiger partial charge in [0.25, 0.3) is 5.91 Å². The molecule has 0 fully saturated rings. The molecule has 0 spiro atoms. The van der Waals surface area contributed by atoms with Gasteiger partial charge in [0.2, 0.25) is 0 Å². The molecule has 1 heterocycles. The molecule has 0 aliphatic heterocycles. The molecule has 0 bridgehead atoms. The number of aryl methyl sites for hydroxylation is 1. The van der Waals surface area contributed by atoms with Crippen LogP contribution in [0.4, 0.5) is 10.1 Å². The molecule has 6 heteroatoms. The molecule has 3 aromatic rings. The summed E-state index contributed by atoms with van der Waals surface area (Å²) >= 11 is 0. The summed E-state index contributed by atoms with van der Waals surface area (Å²) < 4.78 is 20.1. The van der Waals surface area contributed by atoms with Crippen molar-refractivity contribution in [3.05, 3.63) is 65.2 Å². The molecule has 2 atom stereocenters. The highest BCUT2D eigenvalue weighted by Crippen LogP contribution is 2.37. The van der Waals surface area contributed by atoms with Crippen LogP contribution in [0.2, 0.25) is 0 Å². The quantitative estimate of drug-likeness (QED) is 0.233. The predicted octanol–water partition coefficient (Wildman–Crippen LogP) is 6.91. The maximum atomic E-state index is 13.9. The van der Waals surface area contributed by atoms with Crippen molar-refractivity contribution in [1.82, 2.24) is 4.90 Å². The topological polar surface area (TPSA) is 62.6 Å². The van der Waals surface area contributed by atoms with Gasteiger partial charge in [-0.25, -0.2) is 4.39 Å². The van der Waals surface area contributed by atoms with Gasteiger partial charge in [-0.1, -0.05) is 33.1 Å². The van der Waals surface area contributed by atoms with E-state index in [-0.39, 0.29) is 23.7 Å². The first-order chi connectivity index (χ1) is 16.3. The molecule has 3 rings (SSSR count). The van der Waals surface area contributed by atoms with E-state index in [0.29, 0.717) is 24.1 Å². The van der Waals surface area contributed by atoms with Crippen LogP contribution < -0.4 is 5.32 Å². The van der Waals surface area contributed by atoms with E-state index in [1.165, 1.54) is 18.6 Å². The van der Waals surface area contributed by atoms with Crippen molar-refractivity contribution in [1.29, 1.82) is 0 Å². The second kappa shape index (κ2) is 11.8. The van der Waals surface area contributed by atoms with E-state index in [2.05, 4.69) is 19.2 Å². The first-order valence-electron chi connectivity index (χ1n) is 12.1. The molecule has 34 heavy (non-hydrogen) atoms. The molecule has 1 aromatic heterocycles. The summed E-state index contributed by atoms with van der Waals surface area (Å²) in [5.41, 5.74) is 3.08. The van der Waals surface area contributed by atoms with Gasteiger partial charge in [0.1, 0.15) is 23.4 Å². The van der Waals surface area contributed by atoms with Crippen molar-refractivity contribution in [2.75, 3.05) is 18.9 Å². The number of furan rings is 1. The van der Waals surface area contributed by atoms with E-state index in [4.69, 9.17) is 4.42 Å². The number of fused-ring (bicyclic) bond motifs is 1. The number of nitrogens with zero attached hydrogens (tertiary/aromatic N) is 1. The van der Waals surface area contributed by atoms with Crippen LogP contribution in [0.3, 0.4) is 0 Å². The van der Waals surface area contributed by atoms with Crippen LogP contribution in [-0.2, 0) is 4.79 Å². The number of hydrogen-bond acceptors (Lipinski definition) is 4. The molecule has 0 aliphatic rings. The van der Waals surface area contributed by atoms with E-state index in [1.54, 1.807) is 30.1 Å². The molecule has 5 nitrogen and oxygen atoms in total. The number of carbonyl (C=O) groups is 2. The third-order valence-corrected chi connectivity index (χ3v) is 6.43.